The third-order valence-corrected chi connectivity index (χ3v) is 7.86. The average molecular weight is 481 g/mol. The van der Waals surface area contributed by atoms with Gasteiger partial charge in [-0.05, 0) is 67.5 Å². The lowest BCUT2D eigenvalue weighted by Gasteiger charge is -2.34. The number of aromatic amines is 1. The summed E-state index contributed by atoms with van der Waals surface area (Å²) in [5.74, 6) is 0.443. The number of aliphatic hydroxyl groups is 1. The molecule has 4 aromatic rings. The molecule has 1 saturated heterocycles. The van der Waals surface area contributed by atoms with Crippen molar-refractivity contribution in [2.75, 3.05) is 18.0 Å². The number of nitrogens with zero attached hydrogens (tertiary/aromatic N) is 2. The first-order valence-electron chi connectivity index (χ1n) is 13.0. The second kappa shape index (κ2) is 9.78. The first kappa shape index (κ1) is 22.8. The molecule has 6 rings (SSSR count). The van der Waals surface area contributed by atoms with Crippen LogP contribution in [-0.4, -0.2) is 40.4 Å². The second-order valence-corrected chi connectivity index (χ2v) is 10.2. The van der Waals surface area contributed by atoms with Crippen molar-refractivity contribution >= 4 is 22.5 Å². The third kappa shape index (κ3) is 4.49. The summed E-state index contributed by atoms with van der Waals surface area (Å²) in [6.45, 7) is 1.74. The summed E-state index contributed by atoms with van der Waals surface area (Å²) in [6.07, 6.45) is 4.97. The summed E-state index contributed by atoms with van der Waals surface area (Å²) in [7, 11) is 0. The van der Waals surface area contributed by atoms with Gasteiger partial charge >= 0.3 is 0 Å². The summed E-state index contributed by atoms with van der Waals surface area (Å²) >= 11 is 0. The fraction of sp³-hybridized carbons (Fsp3) is 0.333. The van der Waals surface area contributed by atoms with Crippen LogP contribution in [0.15, 0.2) is 72.8 Å². The minimum Gasteiger partial charge on any atom is -0.393 e. The number of benzene rings is 3. The number of piperidine rings is 1. The normalized spacial score (nSPS) is 17.6. The van der Waals surface area contributed by atoms with E-state index in [2.05, 4.69) is 56.8 Å². The summed E-state index contributed by atoms with van der Waals surface area (Å²) in [4.78, 5) is 15.7. The van der Waals surface area contributed by atoms with Crippen molar-refractivity contribution < 1.29 is 9.90 Å². The highest BCUT2D eigenvalue weighted by atomic mass is 16.3. The molecule has 3 aromatic carbocycles. The molecule has 1 saturated carbocycles. The van der Waals surface area contributed by atoms with Gasteiger partial charge in [-0.3, -0.25) is 9.89 Å². The van der Waals surface area contributed by atoms with Gasteiger partial charge in [0.2, 0.25) is 0 Å². The zero-order valence-corrected chi connectivity index (χ0v) is 20.4. The van der Waals surface area contributed by atoms with E-state index in [-0.39, 0.29) is 18.1 Å². The van der Waals surface area contributed by atoms with Gasteiger partial charge in [0.1, 0.15) is 0 Å². The maximum atomic E-state index is 13.4. The van der Waals surface area contributed by atoms with Crippen molar-refractivity contribution in [2.45, 2.75) is 44.2 Å². The molecule has 2 aliphatic rings. The molecular weight excluding hydrogens is 448 g/mol. The minimum absolute atomic E-state index is 0.0374. The van der Waals surface area contributed by atoms with Crippen LogP contribution in [0.2, 0.25) is 0 Å². The van der Waals surface area contributed by atoms with Gasteiger partial charge in [0.05, 0.1) is 23.4 Å². The van der Waals surface area contributed by atoms with E-state index in [1.807, 2.05) is 36.4 Å². The van der Waals surface area contributed by atoms with Crippen LogP contribution in [-0.2, 0) is 0 Å². The van der Waals surface area contributed by atoms with Gasteiger partial charge in [-0.25, -0.2) is 0 Å². The molecule has 6 heteroatoms. The standard InChI is InChI=1S/C30H32N4O2/c35-25-15-17-34(18-16-25)24-12-9-22(10-13-24)29-26-19-23(11-14-27(26)32-33-29)30(36)31-28(21-7-4-8-21)20-5-2-1-3-6-20/h1-3,5-6,9-14,19,21,25,28,35H,4,7-8,15-18H2,(H,31,36)(H,32,33). The van der Waals surface area contributed by atoms with E-state index >= 15 is 0 Å². The molecule has 1 atom stereocenters. The highest BCUT2D eigenvalue weighted by molar-refractivity contribution is 6.01. The molecule has 36 heavy (non-hydrogen) atoms. The number of aliphatic hydroxyl groups excluding tert-OH is 1. The van der Waals surface area contributed by atoms with Crippen LogP contribution in [0, 0.1) is 5.92 Å². The Hall–Kier alpha value is -3.64. The van der Waals surface area contributed by atoms with E-state index in [1.54, 1.807) is 0 Å². The number of aromatic nitrogens is 2. The Labute approximate surface area is 211 Å². The second-order valence-electron chi connectivity index (χ2n) is 10.2. The van der Waals surface area contributed by atoms with Crippen molar-refractivity contribution in [3.05, 3.63) is 83.9 Å². The van der Waals surface area contributed by atoms with Gasteiger partial charge in [-0.1, -0.05) is 48.9 Å². The number of hydrogen-bond donors (Lipinski definition) is 3. The van der Waals surface area contributed by atoms with Crippen LogP contribution >= 0.6 is 0 Å². The number of hydrogen-bond acceptors (Lipinski definition) is 4. The Morgan fingerprint density at radius 3 is 2.42 bits per heavy atom. The van der Waals surface area contributed by atoms with E-state index in [0.29, 0.717) is 11.5 Å². The lowest BCUT2D eigenvalue weighted by Crippen LogP contribution is -2.36. The van der Waals surface area contributed by atoms with Crippen LogP contribution in [0.25, 0.3) is 22.2 Å². The molecule has 2 heterocycles. The van der Waals surface area contributed by atoms with Crippen LogP contribution in [0.5, 0.6) is 0 Å². The number of carbonyl (C=O) groups excluding carboxylic acids is 1. The molecular formula is C30H32N4O2. The molecule has 0 bridgehead atoms. The van der Waals surface area contributed by atoms with Crippen molar-refractivity contribution in [2.24, 2.45) is 5.92 Å². The van der Waals surface area contributed by atoms with Crippen molar-refractivity contribution in [1.29, 1.82) is 0 Å². The molecule has 0 spiro atoms. The number of anilines is 1. The van der Waals surface area contributed by atoms with E-state index in [4.69, 9.17) is 0 Å². The van der Waals surface area contributed by atoms with E-state index in [1.165, 1.54) is 12.0 Å². The Morgan fingerprint density at radius 2 is 1.72 bits per heavy atom. The number of nitrogens with one attached hydrogen (secondary N) is 2. The molecule has 1 aliphatic carbocycles. The topological polar surface area (TPSA) is 81.2 Å². The summed E-state index contributed by atoms with van der Waals surface area (Å²) in [6, 6.07) is 24.5. The lowest BCUT2D eigenvalue weighted by atomic mass is 9.77. The quantitative estimate of drug-likeness (QED) is 0.342. The van der Waals surface area contributed by atoms with Crippen LogP contribution in [0.3, 0.4) is 0 Å². The highest BCUT2D eigenvalue weighted by Gasteiger charge is 2.30. The van der Waals surface area contributed by atoms with E-state index in [0.717, 1.165) is 66.6 Å². The first-order valence-corrected chi connectivity index (χ1v) is 13.0. The molecule has 184 valence electrons. The largest absolute Gasteiger partial charge is 0.393 e. The Morgan fingerprint density at radius 1 is 0.972 bits per heavy atom. The van der Waals surface area contributed by atoms with Gasteiger partial charge in [0.25, 0.3) is 5.91 Å². The average Bonchev–Trinajstić information content (AvgIpc) is 3.32. The highest BCUT2D eigenvalue weighted by Crippen LogP contribution is 2.38. The van der Waals surface area contributed by atoms with Crippen molar-refractivity contribution in [1.82, 2.24) is 15.5 Å². The number of amides is 1. The fourth-order valence-corrected chi connectivity index (χ4v) is 5.46. The maximum absolute atomic E-state index is 13.4. The zero-order chi connectivity index (χ0) is 24.5. The minimum atomic E-state index is -0.181. The van der Waals surface area contributed by atoms with E-state index in [9.17, 15) is 9.90 Å². The van der Waals surface area contributed by atoms with Crippen LogP contribution in [0.4, 0.5) is 5.69 Å². The van der Waals surface area contributed by atoms with Gasteiger partial charge in [0, 0.05) is 35.3 Å². The first-order chi connectivity index (χ1) is 17.7. The van der Waals surface area contributed by atoms with Gasteiger partial charge in [0.15, 0.2) is 0 Å². The predicted molar refractivity (Wildman–Crippen MR) is 143 cm³/mol. The molecule has 1 amide bonds. The molecule has 1 aromatic heterocycles. The smallest absolute Gasteiger partial charge is 0.251 e. The van der Waals surface area contributed by atoms with Gasteiger partial charge in [-0.2, -0.15) is 5.10 Å². The molecule has 0 radical (unpaired) electrons. The summed E-state index contributed by atoms with van der Waals surface area (Å²) in [5.41, 5.74) is 5.75. The van der Waals surface area contributed by atoms with Gasteiger partial charge in [-0.15, -0.1) is 0 Å². The Bertz CT molecular complexity index is 1340. The predicted octanol–water partition coefficient (Wildman–Crippen LogP) is 5.46. The SMILES string of the molecule is O=C(NC(c1ccccc1)C1CCC1)c1ccc2[nH]nc(-c3ccc(N4CCC(O)CC4)cc3)c2c1. The van der Waals surface area contributed by atoms with Crippen molar-refractivity contribution in [3.8, 4) is 11.3 Å². The van der Waals surface area contributed by atoms with Crippen LogP contribution in [0.1, 0.15) is 54.1 Å². The number of H-pyrrole nitrogens is 1. The Balaban J connectivity index is 1.24. The summed E-state index contributed by atoms with van der Waals surface area (Å²) < 4.78 is 0. The van der Waals surface area contributed by atoms with Gasteiger partial charge < -0.3 is 15.3 Å². The molecule has 6 nitrogen and oxygen atoms in total. The van der Waals surface area contributed by atoms with Crippen molar-refractivity contribution in [3.63, 3.8) is 0 Å². The zero-order valence-electron chi connectivity index (χ0n) is 20.4. The number of carbonyl (C=O) groups is 1. The molecule has 1 unspecified atom stereocenters. The third-order valence-electron chi connectivity index (χ3n) is 7.86. The molecule has 3 N–H and O–H groups in total. The molecule has 1 aliphatic heterocycles. The lowest BCUT2D eigenvalue weighted by molar-refractivity contribution is 0.0901. The van der Waals surface area contributed by atoms with Crippen LogP contribution < -0.4 is 10.2 Å². The fourth-order valence-electron chi connectivity index (χ4n) is 5.46. The number of fused-ring (bicyclic) bond motifs is 1. The van der Waals surface area contributed by atoms with E-state index < -0.39 is 0 Å². The molecule has 2 fully saturated rings. The maximum Gasteiger partial charge on any atom is 0.251 e. The Kier molecular flexibility index (Phi) is 6.20. The number of rotatable bonds is 6. The summed E-state index contributed by atoms with van der Waals surface area (Å²) in [5, 5.41) is 21.7. The monoisotopic (exact) mass is 480 g/mol.